The van der Waals surface area contributed by atoms with Crippen LogP contribution in [0.3, 0.4) is 0 Å². The molecule has 0 saturated heterocycles. The molecule has 0 fully saturated rings. The molecule has 3 aromatic carbocycles. The second-order valence-electron chi connectivity index (χ2n) is 8.11. The summed E-state index contributed by atoms with van der Waals surface area (Å²) in [6, 6.07) is 22.2. The molecule has 7 heteroatoms. The topological polar surface area (TPSA) is 64.0 Å². The van der Waals surface area contributed by atoms with Gasteiger partial charge in [-0.25, -0.2) is 4.98 Å². The number of fused-ring (bicyclic) bond motifs is 1. The Morgan fingerprint density at radius 3 is 2.50 bits per heavy atom. The number of halogens is 2. The summed E-state index contributed by atoms with van der Waals surface area (Å²) in [5.74, 6) is 0.863. The summed E-state index contributed by atoms with van der Waals surface area (Å²) < 4.78 is 2.90. The number of Topliss-reactive ketones (excluding diaryl/α,β-unsaturated/α-hetero) is 1. The average Bonchev–Trinajstić information content (AvgIpc) is 3.18. The number of nitrogens with zero attached hydrogens (tertiary/aromatic N) is 2. The van der Waals surface area contributed by atoms with Gasteiger partial charge in [-0.3, -0.25) is 9.59 Å². The van der Waals surface area contributed by atoms with Crippen LogP contribution in [-0.2, 0) is 13.0 Å². The van der Waals surface area contributed by atoms with Crippen LogP contribution in [-0.4, -0.2) is 27.8 Å². The van der Waals surface area contributed by atoms with E-state index in [1.807, 2.05) is 47.0 Å². The van der Waals surface area contributed by atoms with Crippen molar-refractivity contribution >= 4 is 50.3 Å². The van der Waals surface area contributed by atoms with Crippen LogP contribution >= 0.6 is 27.5 Å². The number of aryl methyl sites for hydroxylation is 1. The Morgan fingerprint density at radius 2 is 1.71 bits per heavy atom. The minimum atomic E-state index is -0.0659. The van der Waals surface area contributed by atoms with Crippen molar-refractivity contribution in [1.82, 2.24) is 14.9 Å². The van der Waals surface area contributed by atoms with Gasteiger partial charge in [0, 0.05) is 33.6 Å². The minimum absolute atomic E-state index is 0.0244. The summed E-state index contributed by atoms with van der Waals surface area (Å²) in [5.41, 5.74) is 3.13. The van der Waals surface area contributed by atoms with Gasteiger partial charge < -0.3 is 9.88 Å². The molecule has 0 aliphatic carbocycles. The highest BCUT2D eigenvalue weighted by Crippen LogP contribution is 2.19. The Morgan fingerprint density at radius 1 is 0.912 bits per heavy atom. The molecule has 34 heavy (non-hydrogen) atoms. The molecule has 4 aromatic rings. The number of benzene rings is 3. The summed E-state index contributed by atoms with van der Waals surface area (Å²) >= 11 is 9.35. The van der Waals surface area contributed by atoms with Gasteiger partial charge in [-0.15, -0.1) is 0 Å². The van der Waals surface area contributed by atoms with Crippen molar-refractivity contribution in [2.45, 2.75) is 32.2 Å². The Balaban J connectivity index is 1.33. The van der Waals surface area contributed by atoms with E-state index in [1.165, 1.54) is 0 Å². The lowest BCUT2D eigenvalue weighted by molar-refractivity contribution is 0.0950. The van der Waals surface area contributed by atoms with Gasteiger partial charge in [0.05, 0.1) is 17.6 Å². The third-order valence-corrected chi connectivity index (χ3v) is 6.40. The summed E-state index contributed by atoms with van der Waals surface area (Å²) in [7, 11) is 0. The van der Waals surface area contributed by atoms with Gasteiger partial charge in [0.1, 0.15) is 5.82 Å². The van der Waals surface area contributed by atoms with Crippen LogP contribution in [0.5, 0.6) is 0 Å². The monoisotopic (exact) mass is 537 g/mol. The maximum atomic E-state index is 12.9. The fourth-order valence-electron chi connectivity index (χ4n) is 3.88. The van der Waals surface area contributed by atoms with Crippen LogP contribution < -0.4 is 5.32 Å². The van der Waals surface area contributed by atoms with Crippen LogP contribution in [0.15, 0.2) is 77.3 Å². The second-order valence-corrected chi connectivity index (χ2v) is 9.46. The zero-order valence-corrected chi connectivity index (χ0v) is 21.0. The van der Waals surface area contributed by atoms with Crippen LogP contribution in [0, 0.1) is 0 Å². The number of amides is 1. The van der Waals surface area contributed by atoms with Gasteiger partial charge in [-0.2, -0.15) is 0 Å². The van der Waals surface area contributed by atoms with Crippen molar-refractivity contribution in [2.24, 2.45) is 0 Å². The Bertz CT molecular complexity index is 1300. The van der Waals surface area contributed by atoms with Crippen molar-refractivity contribution in [3.05, 3.63) is 99.2 Å². The Hall–Kier alpha value is -2.96. The van der Waals surface area contributed by atoms with Crippen molar-refractivity contribution < 1.29 is 9.59 Å². The van der Waals surface area contributed by atoms with E-state index in [4.69, 9.17) is 16.6 Å². The predicted molar refractivity (Wildman–Crippen MR) is 140 cm³/mol. The molecule has 4 rings (SSSR count). The summed E-state index contributed by atoms with van der Waals surface area (Å²) in [4.78, 5) is 29.9. The molecule has 5 nitrogen and oxygen atoms in total. The van der Waals surface area contributed by atoms with E-state index in [0.717, 1.165) is 47.0 Å². The number of rotatable bonds is 10. The molecule has 0 saturated carbocycles. The highest BCUT2D eigenvalue weighted by Gasteiger charge is 2.15. The first kappa shape index (κ1) is 24.2. The van der Waals surface area contributed by atoms with Crippen LogP contribution in [0.1, 0.15) is 45.8 Å². The van der Waals surface area contributed by atoms with Gasteiger partial charge in [0.15, 0.2) is 5.78 Å². The van der Waals surface area contributed by atoms with Crippen molar-refractivity contribution in [3.63, 3.8) is 0 Å². The number of hydrogen-bond acceptors (Lipinski definition) is 3. The van der Waals surface area contributed by atoms with Crippen molar-refractivity contribution in [3.8, 4) is 0 Å². The normalized spacial score (nSPS) is 11.0. The van der Waals surface area contributed by atoms with Gasteiger partial charge in [-0.05, 0) is 67.4 Å². The Kier molecular flexibility index (Phi) is 8.14. The smallest absolute Gasteiger partial charge is 0.251 e. The fraction of sp³-hybridized carbons (Fsp3) is 0.222. The lowest BCUT2D eigenvalue weighted by Gasteiger charge is -2.09. The van der Waals surface area contributed by atoms with Crippen LogP contribution in [0.4, 0.5) is 0 Å². The first-order chi connectivity index (χ1) is 16.5. The standard InChI is InChI=1S/C27H25BrClN3O2/c28-21-8-6-7-20(17-21)27(34)30-16-5-1-2-11-26-31-23-9-3-4-10-24(23)32(26)18-25(33)19-12-14-22(29)15-13-19/h3-4,6-10,12-15,17H,1-2,5,11,16,18H2,(H,30,34). The number of imidazole rings is 1. The maximum absolute atomic E-state index is 12.9. The summed E-state index contributed by atoms with van der Waals surface area (Å²) in [6.45, 7) is 0.858. The van der Waals surface area contributed by atoms with Crippen LogP contribution in [0.25, 0.3) is 11.0 Å². The number of para-hydroxylation sites is 2. The van der Waals surface area contributed by atoms with E-state index in [-0.39, 0.29) is 18.2 Å². The molecule has 0 aliphatic rings. The zero-order chi connectivity index (χ0) is 23.9. The molecule has 0 atom stereocenters. The number of unbranched alkanes of at least 4 members (excludes halogenated alkanes) is 2. The third-order valence-electron chi connectivity index (χ3n) is 5.65. The van der Waals surface area contributed by atoms with E-state index >= 15 is 0 Å². The molecule has 0 unspecified atom stereocenters. The first-order valence-electron chi connectivity index (χ1n) is 11.3. The average molecular weight is 539 g/mol. The van der Waals surface area contributed by atoms with E-state index < -0.39 is 0 Å². The molecule has 1 aromatic heterocycles. The highest BCUT2D eigenvalue weighted by atomic mass is 79.9. The molecular formula is C27H25BrClN3O2. The second kappa shape index (κ2) is 11.4. The van der Waals surface area contributed by atoms with E-state index in [9.17, 15) is 9.59 Å². The minimum Gasteiger partial charge on any atom is -0.352 e. The van der Waals surface area contributed by atoms with Gasteiger partial charge in [0.2, 0.25) is 0 Å². The number of carbonyl (C=O) groups is 2. The molecule has 174 valence electrons. The van der Waals surface area contributed by atoms with Crippen molar-refractivity contribution in [2.75, 3.05) is 6.54 Å². The summed E-state index contributed by atoms with van der Waals surface area (Å²) in [5, 5.41) is 3.58. The lowest BCUT2D eigenvalue weighted by atomic mass is 10.1. The predicted octanol–water partition coefficient (Wildman–Crippen LogP) is 6.48. The molecule has 1 amide bonds. The number of carbonyl (C=O) groups excluding carboxylic acids is 2. The number of aromatic nitrogens is 2. The molecule has 0 aliphatic heterocycles. The maximum Gasteiger partial charge on any atom is 0.251 e. The highest BCUT2D eigenvalue weighted by molar-refractivity contribution is 9.10. The van der Waals surface area contributed by atoms with E-state index in [2.05, 4.69) is 21.2 Å². The van der Waals surface area contributed by atoms with Gasteiger partial charge >= 0.3 is 0 Å². The van der Waals surface area contributed by atoms with E-state index in [0.29, 0.717) is 22.7 Å². The van der Waals surface area contributed by atoms with E-state index in [1.54, 1.807) is 30.3 Å². The van der Waals surface area contributed by atoms with Gasteiger partial charge in [0.25, 0.3) is 5.91 Å². The zero-order valence-electron chi connectivity index (χ0n) is 18.6. The molecular weight excluding hydrogens is 514 g/mol. The van der Waals surface area contributed by atoms with Crippen LogP contribution in [0.2, 0.25) is 5.02 Å². The Labute approximate surface area is 212 Å². The quantitative estimate of drug-likeness (QED) is 0.186. The molecule has 0 radical (unpaired) electrons. The molecule has 0 spiro atoms. The molecule has 1 N–H and O–H groups in total. The van der Waals surface area contributed by atoms with Crippen molar-refractivity contribution in [1.29, 1.82) is 0 Å². The number of hydrogen-bond donors (Lipinski definition) is 1. The van der Waals surface area contributed by atoms with Gasteiger partial charge in [-0.1, -0.05) is 52.2 Å². The first-order valence-corrected chi connectivity index (χ1v) is 12.4. The fourth-order valence-corrected chi connectivity index (χ4v) is 4.41. The number of ketones is 1. The largest absolute Gasteiger partial charge is 0.352 e. The molecule has 0 bridgehead atoms. The third kappa shape index (κ3) is 6.13. The molecule has 1 heterocycles. The SMILES string of the molecule is O=C(Cn1c(CCCCCNC(=O)c2cccc(Br)c2)nc2ccccc21)c1ccc(Cl)cc1. The summed E-state index contributed by atoms with van der Waals surface area (Å²) in [6.07, 6.45) is 3.52. The number of nitrogens with one attached hydrogen (secondary N) is 1. The lowest BCUT2D eigenvalue weighted by Crippen LogP contribution is -2.24.